The van der Waals surface area contributed by atoms with E-state index in [4.69, 9.17) is 5.73 Å². The molecule has 1 aromatic rings. The number of nitrogens with one attached hydrogen (secondary N) is 1. The minimum absolute atomic E-state index is 0.236. The van der Waals surface area contributed by atoms with Crippen molar-refractivity contribution in [1.82, 2.24) is 4.90 Å². The lowest BCUT2D eigenvalue weighted by molar-refractivity contribution is -0.122. The summed E-state index contributed by atoms with van der Waals surface area (Å²) in [5, 5.41) is 3.40. The molecule has 0 aliphatic carbocycles. The van der Waals surface area contributed by atoms with Crippen LogP contribution in [0.1, 0.15) is 32.6 Å². The fourth-order valence-corrected chi connectivity index (χ4v) is 2.96. The summed E-state index contributed by atoms with van der Waals surface area (Å²) in [4.78, 5) is 14.5. The topological polar surface area (TPSA) is 58.4 Å². The van der Waals surface area contributed by atoms with Crippen LogP contribution in [0.4, 0.5) is 5.69 Å². The van der Waals surface area contributed by atoms with Crippen LogP contribution in [0.25, 0.3) is 0 Å². The number of para-hydroxylation sites is 1. The Labute approximate surface area is 121 Å². The monoisotopic (exact) mass is 275 g/mol. The third kappa shape index (κ3) is 3.51. The van der Waals surface area contributed by atoms with E-state index >= 15 is 0 Å². The second-order valence-corrected chi connectivity index (χ2v) is 5.63. The SMILES string of the molecule is CCCN1CCCC(Nc2ccccc2)(C(N)=O)CC1. The Kier molecular flexibility index (Phi) is 5.01. The molecular weight excluding hydrogens is 250 g/mol. The number of hydrogen-bond acceptors (Lipinski definition) is 3. The number of rotatable bonds is 5. The molecule has 0 radical (unpaired) electrons. The maximum Gasteiger partial charge on any atom is 0.243 e. The molecule has 4 heteroatoms. The molecule has 110 valence electrons. The second kappa shape index (κ2) is 6.75. The van der Waals surface area contributed by atoms with Gasteiger partial charge in [-0.3, -0.25) is 4.79 Å². The number of likely N-dealkylation sites (tertiary alicyclic amines) is 1. The van der Waals surface area contributed by atoms with Gasteiger partial charge >= 0.3 is 0 Å². The summed E-state index contributed by atoms with van der Waals surface area (Å²) in [7, 11) is 0. The maximum atomic E-state index is 12.0. The lowest BCUT2D eigenvalue weighted by Gasteiger charge is -2.31. The van der Waals surface area contributed by atoms with Gasteiger partial charge in [-0.25, -0.2) is 0 Å². The highest BCUT2D eigenvalue weighted by Crippen LogP contribution is 2.27. The van der Waals surface area contributed by atoms with Gasteiger partial charge in [0.15, 0.2) is 0 Å². The molecule has 0 bridgehead atoms. The molecule has 1 atom stereocenters. The highest BCUT2D eigenvalue weighted by Gasteiger charge is 2.37. The zero-order valence-electron chi connectivity index (χ0n) is 12.3. The second-order valence-electron chi connectivity index (χ2n) is 5.63. The van der Waals surface area contributed by atoms with Crippen LogP contribution >= 0.6 is 0 Å². The number of benzene rings is 1. The molecule has 0 saturated carbocycles. The average molecular weight is 275 g/mol. The first kappa shape index (κ1) is 14.9. The third-order valence-electron chi connectivity index (χ3n) is 4.10. The first-order chi connectivity index (χ1) is 9.66. The first-order valence-corrected chi connectivity index (χ1v) is 7.52. The summed E-state index contributed by atoms with van der Waals surface area (Å²) < 4.78 is 0. The quantitative estimate of drug-likeness (QED) is 0.866. The summed E-state index contributed by atoms with van der Waals surface area (Å²) in [6.45, 7) is 5.27. The predicted molar refractivity (Wildman–Crippen MR) is 82.6 cm³/mol. The Bertz CT molecular complexity index is 435. The fraction of sp³-hybridized carbons (Fsp3) is 0.562. The smallest absolute Gasteiger partial charge is 0.243 e. The molecule has 4 nitrogen and oxygen atoms in total. The normalized spacial score (nSPS) is 24.1. The van der Waals surface area contributed by atoms with Gasteiger partial charge < -0.3 is 16.0 Å². The summed E-state index contributed by atoms with van der Waals surface area (Å²) >= 11 is 0. The third-order valence-corrected chi connectivity index (χ3v) is 4.10. The molecular formula is C16H25N3O. The van der Waals surface area contributed by atoms with Crippen molar-refractivity contribution in [3.63, 3.8) is 0 Å². The van der Waals surface area contributed by atoms with E-state index in [1.165, 1.54) is 0 Å². The lowest BCUT2D eigenvalue weighted by atomic mass is 9.89. The molecule has 1 heterocycles. The van der Waals surface area contributed by atoms with Crippen LogP contribution in [0.2, 0.25) is 0 Å². The van der Waals surface area contributed by atoms with E-state index in [0.717, 1.165) is 51.0 Å². The van der Waals surface area contributed by atoms with Gasteiger partial charge in [0, 0.05) is 12.2 Å². The van der Waals surface area contributed by atoms with Gasteiger partial charge in [-0.1, -0.05) is 25.1 Å². The van der Waals surface area contributed by atoms with Gasteiger partial charge in [-0.15, -0.1) is 0 Å². The van der Waals surface area contributed by atoms with Crippen molar-refractivity contribution in [3.8, 4) is 0 Å². The summed E-state index contributed by atoms with van der Waals surface area (Å²) in [6.07, 6.45) is 3.73. The molecule has 3 N–H and O–H groups in total. The van der Waals surface area contributed by atoms with Gasteiger partial charge in [-0.2, -0.15) is 0 Å². The number of amides is 1. The van der Waals surface area contributed by atoms with Crippen LogP contribution in [0.15, 0.2) is 30.3 Å². The van der Waals surface area contributed by atoms with Crippen molar-refractivity contribution in [3.05, 3.63) is 30.3 Å². The van der Waals surface area contributed by atoms with E-state index in [1.54, 1.807) is 0 Å². The van der Waals surface area contributed by atoms with Crippen LogP contribution in [0, 0.1) is 0 Å². The number of hydrogen-bond donors (Lipinski definition) is 2. The minimum Gasteiger partial charge on any atom is -0.371 e. The lowest BCUT2D eigenvalue weighted by Crippen LogP contribution is -2.51. The molecule has 1 unspecified atom stereocenters. The largest absolute Gasteiger partial charge is 0.371 e. The Morgan fingerprint density at radius 3 is 2.70 bits per heavy atom. The zero-order chi connectivity index (χ0) is 14.4. The van der Waals surface area contributed by atoms with Gasteiger partial charge in [-0.05, 0) is 50.9 Å². The highest BCUT2D eigenvalue weighted by molar-refractivity contribution is 5.88. The fourth-order valence-electron chi connectivity index (χ4n) is 2.96. The minimum atomic E-state index is -0.607. The van der Waals surface area contributed by atoms with Crippen LogP contribution in [0.3, 0.4) is 0 Å². The molecule has 1 fully saturated rings. The summed E-state index contributed by atoms with van der Waals surface area (Å²) in [5.41, 5.74) is 6.08. The van der Waals surface area contributed by atoms with E-state index in [0.29, 0.717) is 0 Å². The molecule has 2 rings (SSSR count). The maximum absolute atomic E-state index is 12.0. The van der Waals surface area contributed by atoms with Crippen molar-refractivity contribution in [2.24, 2.45) is 5.73 Å². The van der Waals surface area contributed by atoms with Gasteiger partial charge in [0.2, 0.25) is 5.91 Å². The first-order valence-electron chi connectivity index (χ1n) is 7.52. The molecule has 1 aromatic carbocycles. The van der Waals surface area contributed by atoms with Crippen LogP contribution in [-0.4, -0.2) is 36.0 Å². The molecule has 1 amide bonds. The predicted octanol–water partition coefficient (Wildman–Crippen LogP) is 2.22. The summed E-state index contributed by atoms with van der Waals surface area (Å²) in [5.74, 6) is -0.236. The highest BCUT2D eigenvalue weighted by atomic mass is 16.1. The molecule has 1 aliphatic rings. The Hall–Kier alpha value is -1.55. The molecule has 1 saturated heterocycles. The van der Waals surface area contributed by atoms with Crippen molar-refractivity contribution < 1.29 is 4.79 Å². The Balaban J connectivity index is 2.12. The van der Waals surface area contributed by atoms with Crippen LogP contribution in [-0.2, 0) is 4.79 Å². The average Bonchev–Trinajstić information content (AvgIpc) is 2.64. The molecule has 1 aliphatic heterocycles. The molecule has 0 aromatic heterocycles. The van der Waals surface area contributed by atoms with E-state index in [-0.39, 0.29) is 5.91 Å². The Morgan fingerprint density at radius 1 is 1.30 bits per heavy atom. The van der Waals surface area contributed by atoms with Gasteiger partial charge in [0.25, 0.3) is 0 Å². The number of anilines is 1. The van der Waals surface area contributed by atoms with Gasteiger partial charge in [0.05, 0.1) is 0 Å². The van der Waals surface area contributed by atoms with Crippen molar-refractivity contribution in [2.75, 3.05) is 25.0 Å². The number of carbonyl (C=O) groups excluding carboxylic acids is 1. The van der Waals surface area contributed by atoms with Crippen LogP contribution in [0.5, 0.6) is 0 Å². The van der Waals surface area contributed by atoms with Crippen LogP contribution < -0.4 is 11.1 Å². The van der Waals surface area contributed by atoms with Crippen molar-refractivity contribution >= 4 is 11.6 Å². The Morgan fingerprint density at radius 2 is 2.05 bits per heavy atom. The van der Waals surface area contributed by atoms with E-state index < -0.39 is 5.54 Å². The standard InChI is InChI=1S/C16H25N3O/c1-2-11-19-12-6-9-16(10-13-19,15(17)20)18-14-7-4-3-5-8-14/h3-5,7-8,18H,2,6,9-13H2,1H3,(H2,17,20). The van der Waals surface area contributed by atoms with E-state index in [9.17, 15) is 4.79 Å². The molecule has 0 spiro atoms. The number of nitrogens with two attached hydrogens (primary N) is 1. The molecule has 20 heavy (non-hydrogen) atoms. The number of primary amides is 1. The van der Waals surface area contributed by atoms with Crippen molar-refractivity contribution in [1.29, 1.82) is 0 Å². The number of nitrogens with zero attached hydrogens (tertiary/aromatic N) is 1. The van der Waals surface area contributed by atoms with Crippen molar-refractivity contribution in [2.45, 2.75) is 38.1 Å². The number of carbonyl (C=O) groups is 1. The van der Waals surface area contributed by atoms with Gasteiger partial charge in [0.1, 0.15) is 5.54 Å². The van der Waals surface area contributed by atoms with E-state index in [1.807, 2.05) is 30.3 Å². The summed E-state index contributed by atoms with van der Waals surface area (Å²) in [6, 6.07) is 9.88. The zero-order valence-corrected chi connectivity index (χ0v) is 12.3. The van der Waals surface area contributed by atoms with E-state index in [2.05, 4.69) is 17.1 Å².